The van der Waals surface area contributed by atoms with Crippen molar-refractivity contribution in [1.29, 1.82) is 0 Å². The Kier molecular flexibility index (Phi) is 2.84. The molecule has 2 heterocycles. The number of para-hydroxylation sites is 1. The normalized spacial score (nSPS) is 21.8. The van der Waals surface area contributed by atoms with E-state index in [1.54, 1.807) is 12.4 Å². The molecule has 0 spiro atoms. The third-order valence-corrected chi connectivity index (χ3v) is 3.21. The molecule has 0 saturated carbocycles. The van der Waals surface area contributed by atoms with Gasteiger partial charge in [-0.25, -0.2) is 9.97 Å². The molecular weight excluding hydrogens is 226 g/mol. The zero-order valence-electron chi connectivity index (χ0n) is 10.2. The molecule has 1 aliphatic rings. The summed E-state index contributed by atoms with van der Waals surface area (Å²) in [6.45, 7) is 2.90. The summed E-state index contributed by atoms with van der Waals surface area (Å²) >= 11 is 0. The number of anilines is 1. The van der Waals surface area contributed by atoms with Gasteiger partial charge in [-0.2, -0.15) is 0 Å². The molecule has 0 aliphatic carbocycles. The van der Waals surface area contributed by atoms with Gasteiger partial charge in [-0.1, -0.05) is 25.1 Å². The second kappa shape index (κ2) is 4.64. The van der Waals surface area contributed by atoms with E-state index < -0.39 is 0 Å². The van der Waals surface area contributed by atoms with E-state index in [1.807, 2.05) is 18.2 Å². The largest absolute Gasteiger partial charge is 0.493 e. The highest BCUT2D eigenvalue weighted by Crippen LogP contribution is 2.36. The van der Waals surface area contributed by atoms with Crippen LogP contribution >= 0.6 is 0 Å². The molecular formula is C14H15N3O. The quantitative estimate of drug-likeness (QED) is 0.878. The van der Waals surface area contributed by atoms with Gasteiger partial charge in [0.25, 0.3) is 0 Å². The molecule has 3 rings (SSSR count). The maximum atomic E-state index is 5.73. The van der Waals surface area contributed by atoms with Gasteiger partial charge in [0.2, 0.25) is 0 Å². The number of rotatable bonds is 2. The Morgan fingerprint density at radius 1 is 1.22 bits per heavy atom. The van der Waals surface area contributed by atoms with E-state index in [1.165, 1.54) is 11.9 Å². The molecule has 4 nitrogen and oxygen atoms in total. The van der Waals surface area contributed by atoms with Crippen molar-refractivity contribution in [1.82, 2.24) is 9.97 Å². The van der Waals surface area contributed by atoms with Crippen LogP contribution in [0.15, 0.2) is 43.0 Å². The summed E-state index contributed by atoms with van der Waals surface area (Å²) in [5, 5.41) is 3.48. The van der Waals surface area contributed by atoms with Crippen molar-refractivity contribution >= 4 is 5.69 Å². The lowest BCUT2D eigenvalue weighted by molar-refractivity contribution is 0.214. The highest BCUT2D eigenvalue weighted by atomic mass is 16.5. The first-order valence-electron chi connectivity index (χ1n) is 6.08. The number of hydrogen-bond acceptors (Lipinski definition) is 4. The third-order valence-electron chi connectivity index (χ3n) is 3.21. The molecule has 0 radical (unpaired) electrons. The minimum atomic E-state index is 0.237. The van der Waals surface area contributed by atoms with E-state index in [0.29, 0.717) is 5.92 Å². The smallest absolute Gasteiger partial charge is 0.124 e. The zero-order valence-corrected chi connectivity index (χ0v) is 10.2. The van der Waals surface area contributed by atoms with Crippen LogP contribution < -0.4 is 10.1 Å². The number of nitrogens with zero attached hydrogens (tertiary/aromatic N) is 2. The first-order valence-corrected chi connectivity index (χ1v) is 6.08. The number of ether oxygens (including phenoxy) is 1. The van der Waals surface area contributed by atoms with Crippen LogP contribution in [0.2, 0.25) is 0 Å². The van der Waals surface area contributed by atoms with Crippen LogP contribution in [-0.4, -0.2) is 16.6 Å². The molecule has 2 unspecified atom stereocenters. The first-order chi connectivity index (χ1) is 8.84. The molecule has 1 N–H and O–H groups in total. The van der Waals surface area contributed by atoms with E-state index in [9.17, 15) is 0 Å². The van der Waals surface area contributed by atoms with Gasteiger partial charge in [-0.05, 0) is 6.07 Å². The predicted octanol–water partition coefficient (Wildman–Crippen LogP) is 2.66. The van der Waals surface area contributed by atoms with Crippen LogP contribution in [0.4, 0.5) is 5.69 Å². The lowest BCUT2D eigenvalue weighted by Gasteiger charge is -2.32. The molecule has 1 aromatic heterocycles. The van der Waals surface area contributed by atoms with Crippen molar-refractivity contribution in [3.8, 4) is 5.75 Å². The average molecular weight is 241 g/mol. The highest BCUT2D eigenvalue weighted by Gasteiger charge is 2.27. The van der Waals surface area contributed by atoms with Crippen LogP contribution in [0.5, 0.6) is 5.75 Å². The summed E-state index contributed by atoms with van der Waals surface area (Å²) < 4.78 is 5.73. The van der Waals surface area contributed by atoms with E-state index in [-0.39, 0.29) is 6.04 Å². The second-order valence-electron chi connectivity index (χ2n) is 4.58. The fourth-order valence-corrected chi connectivity index (χ4v) is 2.27. The summed E-state index contributed by atoms with van der Waals surface area (Å²) in [5.74, 6) is 1.37. The Balaban J connectivity index is 1.91. The van der Waals surface area contributed by atoms with Crippen LogP contribution in [0.25, 0.3) is 0 Å². The number of aromatic nitrogens is 2. The molecule has 0 bridgehead atoms. The minimum absolute atomic E-state index is 0.237. The topological polar surface area (TPSA) is 47.0 Å². The van der Waals surface area contributed by atoms with Crippen LogP contribution in [-0.2, 0) is 0 Å². The standard InChI is InChI=1S/C14H15N3O/c1-10-8-18-13-5-3-2-4-12(13)14(10)17-11-6-15-9-16-7-11/h2-7,9-10,14,17H,8H2,1H3. The van der Waals surface area contributed by atoms with Crippen molar-refractivity contribution in [2.24, 2.45) is 5.92 Å². The lowest BCUT2D eigenvalue weighted by atomic mass is 9.92. The Hall–Kier alpha value is -2.10. The van der Waals surface area contributed by atoms with E-state index in [2.05, 4.69) is 28.3 Å². The van der Waals surface area contributed by atoms with Crippen LogP contribution in [0.1, 0.15) is 18.5 Å². The molecule has 18 heavy (non-hydrogen) atoms. The molecule has 0 amide bonds. The van der Waals surface area contributed by atoms with Gasteiger partial charge in [0.1, 0.15) is 12.1 Å². The molecule has 2 atom stereocenters. The van der Waals surface area contributed by atoms with Crippen molar-refractivity contribution < 1.29 is 4.74 Å². The fraction of sp³-hybridized carbons (Fsp3) is 0.286. The van der Waals surface area contributed by atoms with Gasteiger partial charge in [0.15, 0.2) is 0 Å². The summed E-state index contributed by atoms with van der Waals surface area (Å²) in [4.78, 5) is 8.05. The molecule has 2 aromatic rings. The Morgan fingerprint density at radius 2 is 2.00 bits per heavy atom. The summed E-state index contributed by atoms with van der Waals surface area (Å²) in [6, 6.07) is 8.39. The van der Waals surface area contributed by atoms with Crippen molar-refractivity contribution in [3.05, 3.63) is 48.5 Å². The molecule has 4 heteroatoms. The molecule has 92 valence electrons. The van der Waals surface area contributed by atoms with Gasteiger partial charge in [0, 0.05) is 11.5 Å². The second-order valence-corrected chi connectivity index (χ2v) is 4.58. The minimum Gasteiger partial charge on any atom is -0.493 e. The van der Waals surface area contributed by atoms with E-state index in [0.717, 1.165) is 18.0 Å². The number of nitrogens with one attached hydrogen (secondary N) is 1. The maximum absolute atomic E-state index is 5.73. The Morgan fingerprint density at radius 3 is 2.83 bits per heavy atom. The third kappa shape index (κ3) is 2.01. The molecule has 0 fully saturated rings. The monoisotopic (exact) mass is 241 g/mol. The number of fused-ring (bicyclic) bond motifs is 1. The van der Waals surface area contributed by atoms with Gasteiger partial charge in [-0.3, -0.25) is 0 Å². The van der Waals surface area contributed by atoms with Gasteiger partial charge in [-0.15, -0.1) is 0 Å². The summed E-state index contributed by atoms with van der Waals surface area (Å²) in [6.07, 6.45) is 5.11. The first kappa shape index (κ1) is 11.0. The Labute approximate surface area is 106 Å². The van der Waals surface area contributed by atoms with Crippen molar-refractivity contribution in [2.75, 3.05) is 11.9 Å². The van der Waals surface area contributed by atoms with Crippen molar-refractivity contribution in [2.45, 2.75) is 13.0 Å². The van der Waals surface area contributed by atoms with E-state index in [4.69, 9.17) is 4.74 Å². The van der Waals surface area contributed by atoms with Crippen LogP contribution in [0, 0.1) is 5.92 Å². The fourth-order valence-electron chi connectivity index (χ4n) is 2.27. The van der Waals surface area contributed by atoms with Gasteiger partial charge >= 0.3 is 0 Å². The molecule has 1 aliphatic heterocycles. The van der Waals surface area contributed by atoms with Crippen molar-refractivity contribution in [3.63, 3.8) is 0 Å². The number of hydrogen-bond donors (Lipinski definition) is 1. The van der Waals surface area contributed by atoms with E-state index >= 15 is 0 Å². The molecule has 0 saturated heterocycles. The maximum Gasteiger partial charge on any atom is 0.124 e. The highest BCUT2D eigenvalue weighted by molar-refractivity contribution is 5.46. The predicted molar refractivity (Wildman–Crippen MR) is 69.5 cm³/mol. The average Bonchev–Trinajstić information content (AvgIpc) is 2.43. The zero-order chi connectivity index (χ0) is 12.4. The Bertz CT molecular complexity index is 530. The molecule has 1 aromatic carbocycles. The lowest BCUT2D eigenvalue weighted by Crippen LogP contribution is -2.28. The van der Waals surface area contributed by atoms with Crippen LogP contribution in [0.3, 0.4) is 0 Å². The number of benzene rings is 1. The summed E-state index contributed by atoms with van der Waals surface area (Å²) in [5.41, 5.74) is 2.13. The van der Waals surface area contributed by atoms with Gasteiger partial charge < -0.3 is 10.1 Å². The SMILES string of the molecule is CC1COc2ccccc2C1Nc1cncnc1. The van der Waals surface area contributed by atoms with Gasteiger partial charge in [0.05, 0.1) is 30.7 Å². The summed E-state index contributed by atoms with van der Waals surface area (Å²) in [7, 11) is 0.